The van der Waals surface area contributed by atoms with Crippen molar-refractivity contribution < 1.29 is 33.4 Å². The van der Waals surface area contributed by atoms with Crippen LogP contribution in [0, 0.1) is 5.92 Å². The minimum atomic E-state index is -1.90. The summed E-state index contributed by atoms with van der Waals surface area (Å²) in [7, 11) is -1.90. The third-order valence-electron chi connectivity index (χ3n) is 6.91. The van der Waals surface area contributed by atoms with Crippen molar-refractivity contribution in [3.05, 3.63) is 70.9 Å². The number of halogens is 1. The molecule has 1 aromatic heterocycles. The first-order chi connectivity index (χ1) is 19.3. The molecule has 1 aromatic carbocycles. The average Bonchev–Trinajstić information content (AvgIpc) is 3.49. The quantitative estimate of drug-likeness (QED) is 0.225. The highest BCUT2D eigenvalue weighted by molar-refractivity contribution is 6.69. The van der Waals surface area contributed by atoms with Crippen LogP contribution in [0.2, 0.25) is 24.7 Å². The summed E-state index contributed by atoms with van der Waals surface area (Å²) in [6.45, 7) is 11.6. The first kappa shape index (κ1) is 30.2. The number of fused-ring (bicyclic) bond motifs is 1. The fourth-order valence-corrected chi connectivity index (χ4v) is 6.77. The summed E-state index contributed by atoms with van der Waals surface area (Å²) in [6.07, 6.45) is 3.57. The van der Waals surface area contributed by atoms with Gasteiger partial charge in [0, 0.05) is 5.02 Å². The van der Waals surface area contributed by atoms with E-state index in [0.29, 0.717) is 33.8 Å². The van der Waals surface area contributed by atoms with E-state index in [1.807, 2.05) is 26.6 Å². The lowest BCUT2D eigenvalue weighted by atomic mass is 9.82. The van der Waals surface area contributed by atoms with Gasteiger partial charge in [-0.05, 0) is 55.8 Å². The monoisotopic (exact) mass is 600 g/mol. The van der Waals surface area contributed by atoms with Crippen molar-refractivity contribution in [3.8, 4) is 0 Å². The molecule has 13 heteroatoms. The highest BCUT2D eigenvalue weighted by atomic mass is 35.5. The van der Waals surface area contributed by atoms with Crippen LogP contribution in [-0.2, 0) is 36.5 Å². The smallest absolute Gasteiger partial charge is 0.419 e. The molecule has 3 atom stereocenters. The number of nitrogens with zero attached hydrogens (tertiary/aromatic N) is 3. The van der Waals surface area contributed by atoms with Crippen LogP contribution >= 0.6 is 11.6 Å². The number of ether oxygens (including phenoxy) is 1. The van der Waals surface area contributed by atoms with Gasteiger partial charge < -0.3 is 24.5 Å². The Kier molecular flexibility index (Phi) is 8.85. The van der Waals surface area contributed by atoms with Gasteiger partial charge in [0.05, 0.1) is 42.9 Å². The second-order valence-electron chi connectivity index (χ2n) is 11.0. The van der Waals surface area contributed by atoms with Crippen LogP contribution in [0.15, 0.2) is 49.1 Å². The summed E-state index contributed by atoms with van der Waals surface area (Å²) >= 11 is 6.53. The van der Waals surface area contributed by atoms with E-state index < -0.39 is 26.3 Å². The topological polar surface area (TPSA) is 140 Å². The van der Waals surface area contributed by atoms with Crippen molar-refractivity contribution in [1.82, 2.24) is 19.8 Å². The second-order valence-corrected chi connectivity index (χ2v) is 15.8. The molecule has 0 radical (unpaired) electrons. The number of benzene rings is 1. The Morgan fingerprint density at radius 1 is 1.32 bits per heavy atom. The van der Waals surface area contributed by atoms with Crippen LogP contribution in [0.3, 0.4) is 0 Å². The Morgan fingerprint density at radius 2 is 2.05 bits per heavy atom. The number of imidazole rings is 1. The Morgan fingerprint density at radius 3 is 2.68 bits per heavy atom. The lowest BCUT2D eigenvalue weighted by Gasteiger charge is -2.47. The summed E-state index contributed by atoms with van der Waals surface area (Å²) < 4.78 is 12.3. The van der Waals surface area contributed by atoms with Crippen molar-refractivity contribution in [1.29, 1.82) is 0 Å². The van der Waals surface area contributed by atoms with E-state index in [0.717, 1.165) is 0 Å². The molecule has 218 valence electrons. The van der Waals surface area contributed by atoms with Gasteiger partial charge in [-0.3, -0.25) is 9.59 Å². The van der Waals surface area contributed by atoms with Gasteiger partial charge in [-0.1, -0.05) is 36.4 Å². The predicted molar refractivity (Wildman–Crippen MR) is 153 cm³/mol. The predicted octanol–water partition coefficient (Wildman–Crippen LogP) is 3.83. The number of aliphatic carboxylic acids is 1. The maximum absolute atomic E-state index is 13.0. The molecular formula is C28H33ClN4O7Si. The molecule has 0 aliphatic carbocycles. The number of rotatable bonds is 11. The summed E-state index contributed by atoms with van der Waals surface area (Å²) in [5, 5.41) is 13.0. The average molecular weight is 601 g/mol. The van der Waals surface area contributed by atoms with Crippen LogP contribution in [0.4, 0.5) is 4.79 Å². The molecule has 41 heavy (non-hydrogen) atoms. The fraction of sp³-hybridized carbons (Fsp3) is 0.393. The number of aromatic nitrogens is 2. The number of hydrogen-bond donors (Lipinski definition) is 2. The summed E-state index contributed by atoms with van der Waals surface area (Å²) in [4.78, 5) is 55.3. The molecule has 0 spiro atoms. The van der Waals surface area contributed by atoms with Crippen molar-refractivity contribution in [3.63, 3.8) is 0 Å². The first-order valence-corrected chi connectivity index (χ1v) is 16.9. The van der Waals surface area contributed by atoms with E-state index in [1.165, 1.54) is 28.1 Å². The van der Waals surface area contributed by atoms with Crippen LogP contribution in [0.5, 0.6) is 0 Å². The maximum atomic E-state index is 13.0. The molecule has 2 amide bonds. The Labute approximate surface area is 243 Å². The Bertz CT molecular complexity index is 1430. The standard InChI is InChI=1S/C28H33ClN4O7Si/c1-6-9-39-28(38)32-15-30-13-19(32)14-31-23(34)11-18-8-7-17(10-21(18)29)20-12-22-24(16(2)40-41(3,4)5)26(35)33(22)25(20)27(36)37/h6-8,10,13,15-16,22,24H,1,9,11-12,14H2,2-5H3,(H,31,34)(H,36,37)/t16-,22-,24-/m1/s1. The Hall–Kier alpha value is -3.74. The SMILES string of the molecule is C=CCOC(=O)n1cncc1CNC(=O)Cc1ccc(C2=C(C(=O)O)N3C(=O)[C@H]([C@@H](C)O[Si](C)(C)C)[C@H]3C2)cc1Cl. The zero-order valence-corrected chi connectivity index (χ0v) is 25.1. The van der Waals surface area contributed by atoms with Gasteiger partial charge in [0.1, 0.15) is 18.6 Å². The van der Waals surface area contributed by atoms with Gasteiger partial charge in [0.15, 0.2) is 8.32 Å². The number of β-lactam (4-membered cyclic amide) rings is 1. The van der Waals surface area contributed by atoms with E-state index in [2.05, 4.69) is 16.9 Å². The highest BCUT2D eigenvalue weighted by Gasteiger charge is 2.57. The lowest BCUT2D eigenvalue weighted by molar-refractivity contribution is -0.160. The fourth-order valence-electron chi connectivity index (χ4n) is 5.26. The molecule has 2 aromatic rings. The largest absolute Gasteiger partial charge is 0.477 e. The third-order valence-corrected chi connectivity index (χ3v) is 8.34. The maximum Gasteiger partial charge on any atom is 0.419 e. The van der Waals surface area contributed by atoms with Crippen molar-refractivity contribution >= 4 is 49.4 Å². The minimum absolute atomic E-state index is 0.0405. The molecule has 0 unspecified atom stereocenters. The van der Waals surface area contributed by atoms with E-state index in [-0.39, 0.29) is 49.2 Å². The molecule has 0 bridgehead atoms. The number of amides is 2. The van der Waals surface area contributed by atoms with Gasteiger partial charge in [-0.15, -0.1) is 0 Å². The van der Waals surface area contributed by atoms with Crippen LogP contribution < -0.4 is 5.32 Å². The number of nitrogens with one attached hydrogen (secondary N) is 1. The van der Waals surface area contributed by atoms with Crippen molar-refractivity contribution in [2.75, 3.05) is 6.61 Å². The molecule has 2 aliphatic heterocycles. The van der Waals surface area contributed by atoms with E-state index >= 15 is 0 Å². The minimum Gasteiger partial charge on any atom is -0.477 e. The second kappa shape index (κ2) is 12.0. The lowest BCUT2D eigenvalue weighted by Crippen LogP contribution is -2.63. The van der Waals surface area contributed by atoms with Crippen LogP contribution in [0.25, 0.3) is 5.57 Å². The molecule has 0 saturated carbocycles. The number of carboxylic acids is 1. The third kappa shape index (κ3) is 6.44. The zero-order chi connectivity index (χ0) is 30.1. The van der Waals surface area contributed by atoms with Crippen molar-refractivity contribution in [2.24, 2.45) is 5.92 Å². The van der Waals surface area contributed by atoms with E-state index in [4.69, 9.17) is 20.8 Å². The number of carbonyl (C=O) groups is 4. The van der Waals surface area contributed by atoms with Gasteiger partial charge in [0.25, 0.3) is 0 Å². The summed E-state index contributed by atoms with van der Waals surface area (Å²) in [5.41, 5.74) is 2.04. The number of hydrogen-bond acceptors (Lipinski definition) is 7. The molecule has 1 saturated heterocycles. The first-order valence-electron chi connectivity index (χ1n) is 13.1. The number of carboxylic acid groups (broad SMARTS) is 1. The Balaban J connectivity index is 1.44. The molecular weight excluding hydrogens is 568 g/mol. The molecule has 4 rings (SSSR count). The number of carbonyl (C=O) groups excluding carboxylic acids is 3. The van der Waals surface area contributed by atoms with Crippen LogP contribution in [-0.4, -0.2) is 70.5 Å². The van der Waals surface area contributed by atoms with Gasteiger partial charge >= 0.3 is 12.1 Å². The van der Waals surface area contributed by atoms with Crippen molar-refractivity contribution in [2.45, 2.75) is 58.1 Å². The van der Waals surface area contributed by atoms with Gasteiger partial charge in [-0.2, -0.15) is 0 Å². The van der Waals surface area contributed by atoms with E-state index in [1.54, 1.807) is 18.2 Å². The molecule has 2 aliphatic rings. The summed E-state index contributed by atoms with van der Waals surface area (Å²) in [5.74, 6) is -2.18. The molecule has 11 nitrogen and oxygen atoms in total. The van der Waals surface area contributed by atoms with Crippen LogP contribution in [0.1, 0.15) is 30.2 Å². The molecule has 1 fully saturated rings. The molecule has 2 N–H and O–H groups in total. The normalized spacial score (nSPS) is 19.0. The van der Waals surface area contributed by atoms with E-state index in [9.17, 15) is 24.3 Å². The molecule has 3 heterocycles. The highest BCUT2D eigenvalue weighted by Crippen LogP contribution is 2.48. The summed E-state index contributed by atoms with van der Waals surface area (Å²) in [6, 6.07) is 4.72. The van der Waals surface area contributed by atoms with Gasteiger partial charge in [0.2, 0.25) is 11.8 Å². The zero-order valence-electron chi connectivity index (χ0n) is 23.3. The van der Waals surface area contributed by atoms with Gasteiger partial charge in [-0.25, -0.2) is 19.1 Å².